The molecule has 1 amide bonds. The van der Waals surface area contributed by atoms with Gasteiger partial charge in [-0.1, -0.05) is 0 Å². The van der Waals surface area contributed by atoms with Gasteiger partial charge in [-0.25, -0.2) is 0 Å². The fraction of sp³-hybridized carbons (Fsp3) is 0.267. The molecule has 0 aliphatic heterocycles. The summed E-state index contributed by atoms with van der Waals surface area (Å²) >= 11 is 1.65. The number of nitrogens with one attached hydrogen (secondary N) is 1. The third-order valence-corrected chi connectivity index (χ3v) is 3.74. The lowest BCUT2D eigenvalue weighted by Gasteiger charge is -2.14. The van der Waals surface area contributed by atoms with Crippen LogP contribution in [0.1, 0.15) is 22.8 Å². The van der Waals surface area contributed by atoms with E-state index in [-0.39, 0.29) is 11.9 Å². The maximum atomic E-state index is 12.2. The number of hydrogen-bond donors (Lipinski definition) is 2. The van der Waals surface area contributed by atoms with Crippen LogP contribution in [-0.2, 0) is 6.42 Å². The largest absolute Gasteiger partial charge is 0.497 e. The Morgan fingerprint density at radius 1 is 1.45 bits per heavy atom. The van der Waals surface area contributed by atoms with Crippen LogP contribution in [0.4, 0.5) is 5.69 Å². The van der Waals surface area contributed by atoms with Crippen molar-refractivity contribution in [2.24, 2.45) is 0 Å². The molecule has 3 N–H and O–H groups in total. The molecule has 1 aromatic heterocycles. The average molecular weight is 290 g/mol. The highest BCUT2D eigenvalue weighted by atomic mass is 32.1. The Hall–Kier alpha value is -2.01. The maximum Gasteiger partial charge on any atom is 0.253 e. The average Bonchev–Trinajstić information content (AvgIpc) is 2.91. The molecule has 1 unspecified atom stereocenters. The van der Waals surface area contributed by atoms with Crippen LogP contribution in [0.3, 0.4) is 0 Å². The zero-order valence-corrected chi connectivity index (χ0v) is 12.4. The van der Waals surface area contributed by atoms with E-state index in [0.717, 1.165) is 6.42 Å². The monoisotopic (exact) mass is 290 g/mol. The van der Waals surface area contributed by atoms with Crippen molar-refractivity contribution in [2.75, 3.05) is 12.8 Å². The van der Waals surface area contributed by atoms with E-state index in [1.54, 1.807) is 36.6 Å². The van der Waals surface area contributed by atoms with Crippen LogP contribution in [-0.4, -0.2) is 19.1 Å². The van der Waals surface area contributed by atoms with Crippen molar-refractivity contribution in [1.82, 2.24) is 5.32 Å². The summed E-state index contributed by atoms with van der Waals surface area (Å²) < 4.78 is 5.12. The van der Waals surface area contributed by atoms with Gasteiger partial charge in [0, 0.05) is 11.7 Å². The lowest BCUT2D eigenvalue weighted by molar-refractivity contribution is 0.0940. The number of nitrogens with two attached hydrogens (primary N) is 1. The quantitative estimate of drug-likeness (QED) is 0.832. The van der Waals surface area contributed by atoms with Gasteiger partial charge in [-0.05, 0) is 53.9 Å². The van der Waals surface area contributed by atoms with Crippen molar-refractivity contribution < 1.29 is 9.53 Å². The molecule has 0 radical (unpaired) electrons. The van der Waals surface area contributed by atoms with Crippen LogP contribution in [0.15, 0.2) is 35.0 Å². The van der Waals surface area contributed by atoms with Gasteiger partial charge in [0.05, 0.1) is 12.7 Å². The predicted molar refractivity (Wildman–Crippen MR) is 82.4 cm³/mol. The molecule has 0 bridgehead atoms. The Kier molecular flexibility index (Phi) is 4.63. The van der Waals surface area contributed by atoms with E-state index in [4.69, 9.17) is 10.5 Å². The highest BCUT2D eigenvalue weighted by molar-refractivity contribution is 7.07. The molecule has 2 aromatic rings. The van der Waals surface area contributed by atoms with Crippen molar-refractivity contribution in [3.8, 4) is 5.75 Å². The normalized spacial score (nSPS) is 11.9. The number of carbonyl (C=O) groups is 1. The maximum absolute atomic E-state index is 12.2. The molecule has 0 fully saturated rings. The van der Waals surface area contributed by atoms with Gasteiger partial charge in [-0.15, -0.1) is 0 Å². The number of rotatable bonds is 5. The second kappa shape index (κ2) is 6.43. The summed E-state index contributed by atoms with van der Waals surface area (Å²) in [4.78, 5) is 12.2. The minimum absolute atomic E-state index is 0.0442. The van der Waals surface area contributed by atoms with Crippen LogP contribution >= 0.6 is 11.3 Å². The van der Waals surface area contributed by atoms with Crippen LogP contribution in [0, 0.1) is 0 Å². The van der Waals surface area contributed by atoms with Crippen LogP contribution in [0.25, 0.3) is 0 Å². The van der Waals surface area contributed by atoms with Crippen molar-refractivity contribution in [3.63, 3.8) is 0 Å². The summed E-state index contributed by atoms with van der Waals surface area (Å²) in [5, 5.41) is 7.07. The Labute approximate surface area is 122 Å². The summed E-state index contributed by atoms with van der Waals surface area (Å²) in [5.41, 5.74) is 7.96. The second-order valence-corrected chi connectivity index (χ2v) is 5.44. The van der Waals surface area contributed by atoms with Crippen molar-refractivity contribution >= 4 is 22.9 Å². The van der Waals surface area contributed by atoms with Gasteiger partial charge in [0.15, 0.2) is 0 Å². The summed E-state index contributed by atoms with van der Waals surface area (Å²) in [6.45, 7) is 1.98. The molecule has 1 heterocycles. The zero-order chi connectivity index (χ0) is 14.5. The molecule has 1 aromatic carbocycles. The molecule has 2 rings (SSSR count). The highest BCUT2D eigenvalue weighted by Gasteiger charge is 2.14. The van der Waals surface area contributed by atoms with Crippen molar-refractivity contribution in [3.05, 3.63) is 46.2 Å². The number of hydrogen-bond acceptors (Lipinski definition) is 4. The Morgan fingerprint density at radius 3 is 2.90 bits per heavy atom. The van der Waals surface area contributed by atoms with Gasteiger partial charge in [0.2, 0.25) is 0 Å². The molecule has 5 heteroatoms. The molecule has 0 aliphatic carbocycles. The van der Waals surface area contributed by atoms with E-state index in [1.165, 1.54) is 5.56 Å². The first-order valence-electron chi connectivity index (χ1n) is 6.35. The fourth-order valence-electron chi connectivity index (χ4n) is 1.97. The Morgan fingerprint density at radius 2 is 2.25 bits per heavy atom. The minimum atomic E-state index is -0.177. The topological polar surface area (TPSA) is 64.3 Å². The molecule has 0 aliphatic rings. The Balaban J connectivity index is 2.04. The third-order valence-electron chi connectivity index (χ3n) is 3.00. The van der Waals surface area contributed by atoms with Gasteiger partial charge >= 0.3 is 0 Å². The molecule has 4 nitrogen and oxygen atoms in total. The summed E-state index contributed by atoms with van der Waals surface area (Å²) in [5.74, 6) is 0.443. The number of amides is 1. The van der Waals surface area contributed by atoms with Crippen molar-refractivity contribution in [2.45, 2.75) is 19.4 Å². The molecule has 0 spiro atoms. The van der Waals surface area contributed by atoms with Gasteiger partial charge in [-0.3, -0.25) is 4.79 Å². The molecule has 1 atom stereocenters. The number of nitrogen functional groups attached to an aromatic ring is 1. The molecule has 0 saturated heterocycles. The molecule has 0 saturated carbocycles. The fourth-order valence-corrected chi connectivity index (χ4v) is 2.66. The van der Waals surface area contributed by atoms with Crippen LogP contribution < -0.4 is 15.8 Å². The SMILES string of the molecule is COc1ccc(N)c(C(=O)NC(C)Cc2ccsc2)c1. The second-order valence-electron chi connectivity index (χ2n) is 4.66. The first-order chi connectivity index (χ1) is 9.60. The predicted octanol–water partition coefficient (Wildman–Crippen LogP) is 2.70. The molecular weight excluding hydrogens is 272 g/mol. The number of benzene rings is 1. The number of thiophene rings is 1. The third kappa shape index (κ3) is 3.51. The number of ether oxygens (including phenoxy) is 1. The first-order valence-corrected chi connectivity index (χ1v) is 7.30. The van der Waals surface area contributed by atoms with Gasteiger partial charge < -0.3 is 15.8 Å². The zero-order valence-electron chi connectivity index (χ0n) is 11.6. The van der Waals surface area contributed by atoms with E-state index in [9.17, 15) is 4.79 Å². The standard InChI is InChI=1S/C15H18N2O2S/c1-10(7-11-5-6-20-9-11)17-15(18)13-8-12(19-2)3-4-14(13)16/h3-6,8-10H,7,16H2,1-2H3,(H,17,18). The number of methoxy groups -OCH3 is 1. The minimum Gasteiger partial charge on any atom is -0.497 e. The highest BCUT2D eigenvalue weighted by Crippen LogP contribution is 2.19. The van der Waals surface area contributed by atoms with E-state index < -0.39 is 0 Å². The summed E-state index contributed by atoms with van der Waals surface area (Å²) in [7, 11) is 1.56. The number of carbonyl (C=O) groups excluding carboxylic acids is 1. The van der Waals surface area contributed by atoms with Crippen LogP contribution in [0.2, 0.25) is 0 Å². The lowest BCUT2D eigenvalue weighted by atomic mass is 10.1. The molecule has 20 heavy (non-hydrogen) atoms. The summed E-state index contributed by atoms with van der Waals surface area (Å²) in [6, 6.07) is 7.18. The Bertz CT molecular complexity index is 582. The lowest BCUT2D eigenvalue weighted by Crippen LogP contribution is -2.34. The van der Waals surface area contributed by atoms with E-state index >= 15 is 0 Å². The van der Waals surface area contributed by atoms with Crippen molar-refractivity contribution in [1.29, 1.82) is 0 Å². The van der Waals surface area contributed by atoms with Crippen LogP contribution in [0.5, 0.6) is 5.75 Å². The van der Waals surface area contributed by atoms with Gasteiger partial charge in [-0.2, -0.15) is 11.3 Å². The van der Waals surface area contributed by atoms with Gasteiger partial charge in [0.25, 0.3) is 5.91 Å². The molecule has 106 valence electrons. The first kappa shape index (κ1) is 14.4. The molecular formula is C15H18N2O2S. The smallest absolute Gasteiger partial charge is 0.253 e. The van der Waals surface area contributed by atoms with E-state index in [2.05, 4.69) is 16.8 Å². The summed E-state index contributed by atoms with van der Waals surface area (Å²) in [6.07, 6.45) is 0.805. The van der Waals surface area contributed by atoms with Gasteiger partial charge in [0.1, 0.15) is 5.75 Å². The van der Waals surface area contributed by atoms with E-state index in [1.807, 2.05) is 12.3 Å². The van der Waals surface area contributed by atoms with E-state index in [0.29, 0.717) is 17.0 Å². The number of anilines is 1.